The monoisotopic (exact) mass is 2010 g/mol. The van der Waals surface area contributed by atoms with E-state index in [9.17, 15) is 32.8 Å². The minimum atomic E-state index is -0.408. The molecule has 2 fully saturated rings. The van der Waals surface area contributed by atoms with E-state index in [0.717, 1.165) is 188 Å². The summed E-state index contributed by atoms with van der Waals surface area (Å²) >= 11 is 30.7. The van der Waals surface area contributed by atoms with Gasteiger partial charge in [-0.05, 0) is 234 Å². The third-order valence-electron chi connectivity index (χ3n) is 24.6. The summed E-state index contributed by atoms with van der Waals surface area (Å²) in [5.41, 5.74) is 10.9. The molecule has 10 aromatic heterocycles. The molecule has 0 unspecified atom stereocenters. The first-order valence-electron chi connectivity index (χ1n) is 49.1. The first-order valence-corrected chi connectivity index (χ1v) is 51.0. The van der Waals surface area contributed by atoms with Crippen LogP contribution in [-0.4, -0.2) is 167 Å². The fourth-order valence-corrected chi connectivity index (χ4v) is 18.8. The molecule has 26 nitrogen and oxygen atoms in total. The zero-order valence-electron chi connectivity index (χ0n) is 82.0. The van der Waals surface area contributed by atoms with Crippen molar-refractivity contribution in [1.29, 1.82) is 0 Å². The second-order valence-electron chi connectivity index (χ2n) is 35.8. The molecular formula is C108H125Cl5F2N20O6. The summed E-state index contributed by atoms with van der Waals surface area (Å²) in [5.74, 6) is 3.72. The number of benzene rings is 5. The number of halogens is 7. The number of carbonyl (C=O) groups is 5. The molecule has 10 heterocycles. The smallest absolute Gasteiger partial charge is 0.258 e. The Bertz CT molecular complexity index is 6730. The lowest BCUT2D eigenvalue weighted by molar-refractivity contribution is 0.0708. The number of pyridine rings is 5. The molecular weight excluding hydrogens is 1890 g/mol. The molecule has 15 aromatic rings. The van der Waals surface area contributed by atoms with Crippen LogP contribution in [0.25, 0.3) is 55.8 Å². The molecule has 0 atom stereocenters. The van der Waals surface area contributed by atoms with Crippen LogP contribution in [0.2, 0.25) is 25.1 Å². The molecule has 0 N–H and O–H groups in total. The maximum absolute atomic E-state index is 13.6. The van der Waals surface area contributed by atoms with E-state index >= 15 is 0 Å². The zero-order valence-corrected chi connectivity index (χ0v) is 85.7. The number of hydrogen-bond donors (Lipinski definition) is 0. The van der Waals surface area contributed by atoms with Crippen LogP contribution in [0.3, 0.4) is 0 Å². The van der Waals surface area contributed by atoms with Crippen LogP contribution in [0, 0.1) is 17.6 Å². The number of fused-ring (bicyclic) bond motifs is 5. The zero-order chi connectivity index (χ0) is 100. The van der Waals surface area contributed by atoms with E-state index < -0.39 is 5.82 Å². The summed E-state index contributed by atoms with van der Waals surface area (Å²) in [7, 11) is 1.56. The van der Waals surface area contributed by atoms with Gasteiger partial charge in [-0.1, -0.05) is 165 Å². The predicted molar refractivity (Wildman–Crippen MR) is 556 cm³/mol. The second-order valence-corrected chi connectivity index (χ2v) is 37.8. The number of imidazole rings is 5. The molecule has 5 aromatic carbocycles. The van der Waals surface area contributed by atoms with Gasteiger partial charge in [0.15, 0.2) is 28.2 Å². The van der Waals surface area contributed by atoms with Gasteiger partial charge < -0.3 is 52.1 Å². The van der Waals surface area contributed by atoms with Crippen LogP contribution in [0.5, 0.6) is 5.75 Å². The number of unbranched alkanes of at least 4 members (excludes halogenated alkanes) is 2. The maximum Gasteiger partial charge on any atom is 0.258 e. The van der Waals surface area contributed by atoms with Gasteiger partial charge in [-0.2, -0.15) is 0 Å². The molecule has 17 rings (SSSR count). The van der Waals surface area contributed by atoms with Crippen LogP contribution in [0.4, 0.5) is 8.78 Å². The number of ether oxygens (including phenoxy) is 1. The summed E-state index contributed by atoms with van der Waals surface area (Å²) in [6.45, 7) is 26.4. The van der Waals surface area contributed by atoms with E-state index in [1.807, 2.05) is 102 Å². The van der Waals surface area contributed by atoms with E-state index in [2.05, 4.69) is 101 Å². The summed E-state index contributed by atoms with van der Waals surface area (Å²) in [4.78, 5) is 121. The molecule has 5 amide bonds. The Morgan fingerprint density at radius 1 is 0.362 bits per heavy atom. The van der Waals surface area contributed by atoms with Crippen molar-refractivity contribution in [1.82, 2.24) is 97.2 Å². The van der Waals surface area contributed by atoms with Crippen molar-refractivity contribution in [3.05, 3.63) is 288 Å². The fourth-order valence-electron chi connectivity index (χ4n) is 18.0. The van der Waals surface area contributed by atoms with E-state index in [0.29, 0.717) is 142 Å². The Hall–Kier alpha value is -12.3. The van der Waals surface area contributed by atoms with Crippen LogP contribution >= 0.6 is 58.0 Å². The summed E-state index contributed by atoms with van der Waals surface area (Å²) in [5, 5.41) is 2.27. The first-order chi connectivity index (χ1) is 68.4. The number of carbonyl (C=O) groups excluding carboxylic acids is 5. The third kappa shape index (κ3) is 27.1. The van der Waals surface area contributed by atoms with Gasteiger partial charge in [0.1, 0.15) is 74.1 Å². The van der Waals surface area contributed by atoms with E-state index in [1.54, 1.807) is 102 Å². The molecule has 742 valence electrons. The van der Waals surface area contributed by atoms with Crippen molar-refractivity contribution < 1.29 is 37.5 Å². The van der Waals surface area contributed by atoms with E-state index in [1.165, 1.54) is 62.1 Å². The molecule has 0 radical (unpaired) electrons. The number of aromatic nitrogens is 15. The third-order valence-corrected chi connectivity index (χ3v) is 26.2. The highest BCUT2D eigenvalue weighted by molar-refractivity contribution is 6.42. The molecule has 0 saturated heterocycles. The SMILES string of the molecule is CCCCN(Cc1nc2cccnc2n1C1CCCC1)C(=O)c1cc(Cl)ccc1Cl.CCCCN(Cc1nc2cccnc2n1CCC)C(=O)c1ccc(Cl)c(Cl)c1.CCCN(Cc1nc2cccnc2n1CCC)C(=O)c1ccc(F)cc1.CCCN(Cc1nc2cccnc2n1CCC)C(=O)c1cccc(F)c1.COc1cc(Cl)ccc1C(=O)N(Cc1nc2cccnc2n1C1CCCC1)CC(C)C. The van der Waals surface area contributed by atoms with Crippen LogP contribution in [0.15, 0.2) is 195 Å². The van der Waals surface area contributed by atoms with Crippen molar-refractivity contribution in [2.24, 2.45) is 5.92 Å². The number of methoxy groups -OCH3 is 1. The van der Waals surface area contributed by atoms with Crippen LogP contribution < -0.4 is 4.74 Å². The Balaban J connectivity index is 0.000000149. The fraction of sp³-hybridized carbons (Fsp3) is 0.398. The topological polar surface area (TPSA) is 264 Å². The van der Waals surface area contributed by atoms with Crippen molar-refractivity contribution >= 4 is 143 Å². The minimum Gasteiger partial charge on any atom is -0.496 e. The number of hydrogen-bond acceptors (Lipinski definition) is 16. The van der Waals surface area contributed by atoms with Gasteiger partial charge in [-0.25, -0.2) is 58.6 Å². The molecule has 0 bridgehead atoms. The van der Waals surface area contributed by atoms with E-state index in [4.69, 9.17) is 82.7 Å². The molecule has 2 aliphatic rings. The summed E-state index contributed by atoms with van der Waals surface area (Å²) in [6, 6.07) is 46.6. The summed E-state index contributed by atoms with van der Waals surface area (Å²) < 4.78 is 42.9. The van der Waals surface area contributed by atoms with Gasteiger partial charge in [0.05, 0.1) is 66.0 Å². The quantitative estimate of drug-likeness (QED) is 0.0353. The van der Waals surface area contributed by atoms with Gasteiger partial charge in [-0.3, -0.25) is 24.0 Å². The van der Waals surface area contributed by atoms with Gasteiger partial charge in [0, 0.05) is 122 Å². The van der Waals surface area contributed by atoms with Crippen molar-refractivity contribution in [3.8, 4) is 5.75 Å². The molecule has 33 heteroatoms. The van der Waals surface area contributed by atoms with Crippen LogP contribution in [0.1, 0.15) is 264 Å². The lowest BCUT2D eigenvalue weighted by Crippen LogP contribution is -2.35. The van der Waals surface area contributed by atoms with Crippen molar-refractivity contribution in [3.63, 3.8) is 0 Å². The van der Waals surface area contributed by atoms with Crippen molar-refractivity contribution in [2.75, 3.05) is 39.8 Å². The lowest BCUT2D eigenvalue weighted by Gasteiger charge is -2.26. The maximum atomic E-state index is 13.6. The van der Waals surface area contributed by atoms with Gasteiger partial charge >= 0.3 is 0 Å². The minimum absolute atomic E-state index is 0.0740. The first kappa shape index (κ1) is 106. The van der Waals surface area contributed by atoms with Crippen LogP contribution in [-0.2, 0) is 52.4 Å². The summed E-state index contributed by atoms with van der Waals surface area (Å²) in [6.07, 6.45) is 26.6. The van der Waals surface area contributed by atoms with Crippen molar-refractivity contribution in [2.45, 2.75) is 236 Å². The standard InChI is InChI=1S/C24H29ClN4O2.C23H26Cl2N4O.C21H24Cl2N4O.2C20H23FN4O/c1-16(2)14-28(24(30)19-11-10-17(25)13-21(19)31-3)15-22-27-20-9-6-12-26-23(20)29(22)18-7-4-5-8-18;1-2-3-13-28(23(30)18-14-16(24)10-11-19(18)25)15-21-27-20-9-6-12-26-22(20)29(21)17-7-4-5-8-17;1-3-5-12-26(21(28)15-8-9-16(22)17(23)13-15)14-19-25-18-7-6-10-24-20(18)27(19)11-4-2;1-3-11-24(20(26)15-7-5-8-16(21)13-15)14-18-23-17-9-6-10-22-19(17)25(18)12-4-2;1-3-12-24(20(26)15-7-9-16(21)10-8-15)14-18-23-17-6-5-11-22-19(17)25(18)13-4-2/h6,9-13,16,18H,4-5,7-8,14-15H2,1-3H3;6,9-12,14,17H,2-5,7-8,13,15H2,1H3;6-10,13H,3-5,11-12,14H2,1-2H3;5-10,13H,3-4,11-12,14H2,1-2H3;5-11H,3-4,12-14H2,1-2H3. The second kappa shape index (κ2) is 51.9. The average molecular weight is 2010 g/mol. The van der Waals surface area contributed by atoms with Gasteiger partial charge in [0.2, 0.25) is 0 Å². The van der Waals surface area contributed by atoms with Gasteiger partial charge in [-0.15, -0.1) is 0 Å². The lowest BCUT2D eigenvalue weighted by atomic mass is 10.1. The molecule has 2 aliphatic carbocycles. The molecule has 0 aliphatic heterocycles. The highest BCUT2D eigenvalue weighted by Gasteiger charge is 2.32. The Kier molecular flexibility index (Phi) is 39.0. The molecule has 2 saturated carbocycles. The predicted octanol–water partition coefficient (Wildman–Crippen LogP) is 25.5. The highest BCUT2D eigenvalue weighted by atomic mass is 35.5. The molecule has 0 spiro atoms. The average Bonchev–Trinajstić information content (AvgIpc) is 1.62. The number of amides is 5. The number of nitrogens with zero attached hydrogens (tertiary/aromatic N) is 20. The largest absolute Gasteiger partial charge is 0.496 e. The molecule has 141 heavy (non-hydrogen) atoms. The highest BCUT2D eigenvalue weighted by Crippen LogP contribution is 2.38. The van der Waals surface area contributed by atoms with Gasteiger partial charge in [0.25, 0.3) is 29.5 Å². The number of rotatable bonds is 36. The number of aryl methyl sites for hydroxylation is 3. The Morgan fingerprint density at radius 2 is 0.738 bits per heavy atom. The van der Waals surface area contributed by atoms with E-state index in [-0.39, 0.29) is 35.4 Å². The Morgan fingerprint density at radius 3 is 1.16 bits per heavy atom. The normalized spacial score (nSPS) is 12.6. The Labute approximate surface area is 848 Å².